The fourth-order valence-electron chi connectivity index (χ4n) is 5.98. The van der Waals surface area contributed by atoms with Gasteiger partial charge in [0.2, 0.25) is 5.60 Å². The number of esters is 1. The summed E-state index contributed by atoms with van der Waals surface area (Å²) >= 11 is 2.75. The Morgan fingerprint density at radius 2 is 1.79 bits per heavy atom. The van der Waals surface area contributed by atoms with E-state index >= 15 is 0 Å². The van der Waals surface area contributed by atoms with E-state index in [1.807, 2.05) is 22.9 Å². The van der Waals surface area contributed by atoms with E-state index in [2.05, 4.69) is 36.2 Å². The van der Waals surface area contributed by atoms with Crippen molar-refractivity contribution in [1.82, 2.24) is 4.90 Å². The molecule has 0 aliphatic heterocycles. The summed E-state index contributed by atoms with van der Waals surface area (Å²) in [6.45, 7) is 0.980. The first-order valence-corrected chi connectivity index (χ1v) is 13.7. The van der Waals surface area contributed by atoms with Gasteiger partial charge in [-0.25, -0.2) is 4.79 Å². The number of hydrogen-bond acceptors (Lipinski definition) is 7. The number of aliphatic hydroxyl groups is 2. The molecule has 5 nitrogen and oxygen atoms in total. The summed E-state index contributed by atoms with van der Waals surface area (Å²) in [5, 5.41) is 24.6. The molecule has 34 heavy (non-hydrogen) atoms. The maximum absolute atomic E-state index is 13.5. The van der Waals surface area contributed by atoms with E-state index in [1.165, 1.54) is 28.2 Å². The third-order valence-electron chi connectivity index (χ3n) is 7.45. The van der Waals surface area contributed by atoms with E-state index in [0.29, 0.717) is 28.1 Å². The number of rotatable bonds is 9. The largest absolute Gasteiger partial charge is 0.459 e. The summed E-state index contributed by atoms with van der Waals surface area (Å²) < 4.78 is 6.11. The van der Waals surface area contributed by atoms with Crippen molar-refractivity contribution < 1.29 is 19.7 Å². The number of ether oxygens (including phenoxy) is 1. The minimum absolute atomic E-state index is 0.155. The molecule has 0 radical (unpaired) electrons. The van der Waals surface area contributed by atoms with Crippen LogP contribution in [0, 0.1) is 11.8 Å². The average Bonchev–Trinajstić information content (AvgIpc) is 3.64. The lowest BCUT2D eigenvalue weighted by atomic mass is 9.96. The van der Waals surface area contributed by atoms with Crippen LogP contribution in [0.15, 0.2) is 59.3 Å². The molecule has 2 heterocycles. The molecule has 2 bridgehead atoms. The third kappa shape index (κ3) is 4.36. The molecule has 3 aromatic rings. The summed E-state index contributed by atoms with van der Waals surface area (Å²) in [4.78, 5) is 17.1. The quantitative estimate of drug-likeness (QED) is 0.428. The molecular formula is C27H31NO4S2. The Bertz CT molecular complexity index is 1060. The number of hydrogen-bond donors (Lipinski definition) is 2. The maximum Gasteiger partial charge on any atom is 0.349 e. The first-order valence-electron chi connectivity index (χ1n) is 11.9. The van der Waals surface area contributed by atoms with Crippen molar-refractivity contribution in [3.63, 3.8) is 0 Å². The molecule has 4 unspecified atom stereocenters. The molecule has 2 fully saturated rings. The van der Waals surface area contributed by atoms with E-state index in [4.69, 9.17) is 4.74 Å². The van der Waals surface area contributed by atoms with Gasteiger partial charge in [-0.05, 0) is 72.7 Å². The van der Waals surface area contributed by atoms with Crippen LogP contribution in [-0.4, -0.2) is 46.9 Å². The second-order valence-electron chi connectivity index (χ2n) is 9.55. The molecule has 5 rings (SSSR count). The van der Waals surface area contributed by atoms with Crippen molar-refractivity contribution in [3.05, 3.63) is 80.2 Å². The van der Waals surface area contributed by atoms with Gasteiger partial charge in [0.25, 0.3) is 0 Å². The molecule has 2 aliphatic rings. The van der Waals surface area contributed by atoms with Gasteiger partial charge in [0.1, 0.15) is 6.10 Å². The van der Waals surface area contributed by atoms with Crippen LogP contribution >= 0.6 is 22.7 Å². The predicted octanol–water partition coefficient (Wildman–Crippen LogP) is 4.42. The van der Waals surface area contributed by atoms with Crippen LogP contribution in [0.25, 0.3) is 0 Å². The van der Waals surface area contributed by atoms with Crippen LogP contribution in [-0.2, 0) is 28.1 Å². The van der Waals surface area contributed by atoms with Gasteiger partial charge < -0.3 is 14.9 Å². The molecule has 2 saturated carbocycles. The first-order chi connectivity index (χ1) is 16.5. The number of carbonyl (C=O) groups is 1. The fraction of sp³-hybridized carbons (Fsp3) is 0.444. The molecule has 7 heteroatoms. The van der Waals surface area contributed by atoms with Gasteiger partial charge in [-0.1, -0.05) is 36.4 Å². The zero-order valence-corrected chi connectivity index (χ0v) is 20.9. The number of carbonyl (C=O) groups excluding carboxylic acids is 1. The maximum atomic E-state index is 13.5. The number of benzene rings is 1. The molecule has 2 aliphatic carbocycles. The lowest BCUT2D eigenvalue weighted by molar-refractivity contribution is -0.170. The molecular weight excluding hydrogens is 466 g/mol. The van der Waals surface area contributed by atoms with Crippen molar-refractivity contribution in [2.24, 2.45) is 11.8 Å². The topological polar surface area (TPSA) is 70.0 Å². The van der Waals surface area contributed by atoms with E-state index in [0.717, 1.165) is 31.4 Å². The summed E-state index contributed by atoms with van der Waals surface area (Å²) in [6, 6.07) is 16.1. The van der Waals surface area contributed by atoms with Gasteiger partial charge >= 0.3 is 5.97 Å². The zero-order valence-electron chi connectivity index (χ0n) is 19.3. The summed E-state index contributed by atoms with van der Waals surface area (Å²) in [5.41, 5.74) is 0.632. The number of nitrogens with zero attached hydrogens (tertiary/aromatic N) is 1. The molecule has 180 valence electrons. The second kappa shape index (κ2) is 9.91. The van der Waals surface area contributed by atoms with Gasteiger partial charge in [0.15, 0.2) is 0 Å². The highest BCUT2D eigenvalue weighted by atomic mass is 32.1. The third-order valence-corrected chi connectivity index (χ3v) is 9.40. The monoisotopic (exact) mass is 497 g/mol. The Labute approximate surface area is 208 Å². The Morgan fingerprint density at radius 1 is 1.09 bits per heavy atom. The molecule has 2 N–H and O–H groups in total. The van der Waals surface area contributed by atoms with Crippen molar-refractivity contribution in [1.29, 1.82) is 0 Å². The summed E-state index contributed by atoms with van der Waals surface area (Å²) in [6.07, 6.45) is 3.53. The second-order valence-corrected chi connectivity index (χ2v) is 11.4. The van der Waals surface area contributed by atoms with Crippen LogP contribution in [0.4, 0.5) is 0 Å². The molecule has 1 aromatic carbocycles. The van der Waals surface area contributed by atoms with Gasteiger partial charge in [0, 0.05) is 25.1 Å². The minimum Gasteiger partial charge on any atom is -0.459 e. The van der Waals surface area contributed by atoms with Gasteiger partial charge in [0.05, 0.1) is 9.75 Å². The van der Waals surface area contributed by atoms with Gasteiger partial charge in [-0.2, -0.15) is 0 Å². The molecule has 0 spiro atoms. The van der Waals surface area contributed by atoms with Crippen LogP contribution in [0.5, 0.6) is 0 Å². The normalized spacial score (nSPS) is 24.1. The van der Waals surface area contributed by atoms with Gasteiger partial charge in [-0.3, -0.25) is 4.90 Å². The summed E-state index contributed by atoms with van der Waals surface area (Å²) in [7, 11) is 2.16. The number of thiophene rings is 2. The number of fused-ring (bicyclic) bond motifs is 2. The fourth-order valence-corrected chi connectivity index (χ4v) is 7.69. The predicted molar refractivity (Wildman–Crippen MR) is 135 cm³/mol. The van der Waals surface area contributed by atoms with Gasteiger partial charge in [-0.15, -0.1) is 22.7 Å². The van der Waals surface area contributed by atoms with Crippen LogP contribution in [0.2, 0.25) is 0 Å². The van der Waals surface area contributed by atoms with Crippen molar-refractivity contribution in [2.75, 3.05) is 13.7 Å². The van der Waals surface area contributed by atoms with Crippen molar-refractivity contribution >= 4 is 28.6 Å². The van der Waals surface area contributed by atoms with E-state index in [-0.39, 0.29) is 18.6 Å². The lowest BCUT2D eigenvalue weighted by Gasteiger charge is -2.31. The van der Waals surface area contributed by atoms with Crippen molar-refractivity contribution in [3.8, 4) is 0 Å². The highest BCUT2D eigenvalue weighted by Crippen LogP contribution is 2.49. The Morgan fingerprint density at radius 3 is 2.44 bits per heavy atom. The van der Waals surface area contributed by atoms with Crippen LogP contribution in [0.1, 0.15) is 40.1 Å². The zero-order chi connectivity index (χ0) is 23.7. The standard InChI is InChI=1S/C27H31NO4S2/c1-28(17-19-6-2-5-18(15-19)11-12-29)25-20-9-10-21(25)22(16-20)32-26(30)27(31,23-7-3-13-33-23)24-8-4-14-34-24/h2-8,13-15,20-22,25,29,31H,9-12,16-17H2,1H3. The minimum atomic E-state index is -1.75. The molecule has 2 aromatic heterocycles. The highest BCUT2D eigenvalue weighted by Gasteiger charge is 2.53. The van der Waals surface area contributed by atoms with E-state index < -0.39 is 11.6 Å². The SMILES string of the molecule is CN(Cc1cccc(CCO)c1)C1C2CCC1C(OC(=O)C(O)(c1cccs1)c1cccs1)C2. The van der Waals surface area contributed by atoms with E-state index in [1.54, 1.807) is 12.1 Å². The summed E-state index contributed by atoms with van der Waals surface area (Å²) in [5.74, 6) is 0.202. The number of aliphatic hydroxyl groups excluding tert-OH is 1. The molecule has 4 atom stereocenters. The lowest BCUT2D eigenvalue weighted by Crippen LogP contribution is -2.42. The Balaban J connectivity index is 1.30. The first kappa shape index (κ1) is 23.7. The smallest absolute Gasteiger partial charge is 0.349 e. The van der Waals surface area contributed by atoms with Crippen LogP contribution < -0.4 is 0 Å². The molecule has 0 saturated heterocycles. The molecule has 0 amide bonds. The Hall–Kier alpha value is -2.03. The van der Waals surface area contributed by atoms with E-state index in [9.17, 15) is 15.0 Å². The van der Waals surface area contributed by atoms with Crippen molar-refractivity contribution in [2.45, 2.75) is 50.0 Å². The Kier molecular flexibility index (Phi) is 6.91. The highest BCUT2D eigenvalue weighted by molar-refractivity contribution is 7.12. The van der Waals surface area contributed by atoms with Crippen LogP contribution in [0.3, 0.4) is 0 Å². The average molecular weight is 498 g/mol.